The second-order valence-corrected chi connectivity index (χ2v) is 7.70. The van der Waals surface area contributed by atoms with Gasteiger partial charge in [0.25, 0.3) is 5.91 Å². The number of aryl methyl sites for hydroxylation is 1. The Kier molecular flexibility index (Phi) is 3.93. The van der Waals surface area contributed by atoms with E-state index >= 15 is 0 Å². The molecule has 1 saturated heterocycles. The van der Waals surface area contributed by atoms with Crippen molar-refractivity contribution in [1.29, 1.82) is 0 Å². The first-order valence-electron chi connectivity index (χ1n) is 9.63. The molecule has 0 N–H and O–H groups in total. The first kappa shape index (κ1) is 17.0. The molecule has 8 heteroatoms. The van der Waals surface area contributed by atoms with Gasteiger partial charge in [0.15, 0.2) is 0 Å². The summed E-state index contributed by atoms with van der Waals surface area (Å²) in [5.74, 6) is 1.68. The Morgan fingerprint density at radius 1 is 1.11 bits per heavy atom. The average molecular weight is 372 g/mol. The lowest BCUT2D eigenvalue weighted by Crippen LogP contribution is -2.24. The van der Waals surface area contributed by atoms with Crippen molar-refractivity contribution in [3.05, 3.63) is 59.8 Å². The molecule has 0 bridgehead atoms. The van der Waals surface area contributed by atoms with Crippen LogP contribution in [0.4, 0.5) is 11.5 Å². The summed E-state index contributed by atoms with van der Waals surface area (Å²) in [4.78, 5) is 25.7. The van der Waals surface area contributed by atoms with Gasteiger partial charge in [-0.25, -0.2) is 9.67 Å². The molecular formula is C20H21BN6O. The van der Waals surface area contributed by atoms with Crippen LogP contribution in [0.2, 0.25) is 5.82 Å². The molecule has 5 rings (SSSR count). The summed E-state index contributed by atoms with van der Waals surface area (Å²) in [6.45, 7) is 4.50. The van der Waals surface area contributed by atoms with Crippen molar-refractivity contribution >= 4 is 25.3 Å². The molecule has 2 aliphatic rings. The summed E-state index contributed by atoms with van der Waals surface area (Å²) in [5, 5.41) is 4.62. The van der Waals surface area contributed by atoms with Crippen molar-refractivity contribution in [2.75, 3.05) is 22.9 Å². The first-order valence-corrected chi connectivity index (χ1v) is 9.63. The Hall–Kier alpha value is -3.16. The first-order chi connectivity index (χ1) is 13.6. The van der Waals surface area contributed by atoms with Crippen LogP contribution < -0.4 is 9.80 Å². The molecule has 0 aliphatic carbocycles. The van der Waals surface area contributed by atoms with E-state index in [0.717, 1.165) is 41.7 Å². The van der Waals surface area contributed by atoms with E-state index in [4.69, 9.17) is 0 Å². The van der Waals surface area contributed by atoms with Gasteiger partial charge in [-0.2, -0.15) is 5.10 Å². The Labute approximate surface area is 164 Å². The van der Waals surface area contributed by atoms with Crippen LogP contribution in [0.25, 0.3) is 5.69 Å². The molecular weight excluding hydrogens is 351 g/mol. The lowest BCUT2D eigenvalue weighted by Gasteiger charge is -2.17. The van der Waals surface area contributed by atoms with Crippen LogP contribution in [0, 0.1) is 6.92 Å². The highest BCUT2D eigenvalue weighted by Crippen LogP contribution is 2.28. The zero-order valence-electron chi connectivity index (χ0n) is 16.0. The van der Waals surface area contributed by atoms with Crippen molar-refractivity contribution in [2.45, 2.75) is 25.7 Å². The minimum atomic E-state index is -0.0393. The van der Waals surface area contributed by atoms with Gasteiger partial charge in [-0.15, -0.1) is 0 Å². The van der Waals surface area contributed by atoms with Crippen LogP contribution in [0.3, 0.4) is 0 Å². The molecule has 1 fully saturated rings. The maximum absolute atomic E-state index is 12.8. The number of rotatable bonds is 3. The molecule has 0 spiro atoms. The van der Waals surface area contributed by atoms with Gasteiger partial charge in [0, 0.05) is 25.0 Å². The van der Waals surface area contributed by atoms with E-state index in [1.165, 1.54) is 6.42 Å². The standard InChI is InChI=1S/C20H21BN6O/c1-13-2-3-15(8-22-13)26-12-18-17(20(26)28)11-27(24-18)16-4-5-19(23-9-16)25-7-6-14(21)10-25/h2-5,8-9,11,14H,6-7,10,12,21H2,1H3/t14-/m0/s1. The zero-order chi connectivity index (χ0) is 19.3. The number of amides is 1. The van der Waals surface area contributed by atoms with Gasteiger partial charge >= 0.3 is 0 Å². The smallest absolute Gasteiger partial charge is 0.262 e. The monoisotopic (exact) mass is 372 g/mol. The van der Waals surface area contributed by atoms with Crippen LogP contribution in [0.1, 0.15) is 28.2 Å². The fraction of sp³-hybridized carbons (Fsp3) is 0.300. The molecule has 28 heavy (non-hydrogen) atoms. The molecule has 1 amide bonds. The summed E-state index contributed by atoms with van der Waals surface area (Å²) in [7, 11) is 2.27. The summed E-state index contributed by atoms with van der Waals surface area (Å²) < 4.78 is 1.75. The van der Waals surface area contributed by atoms with Crippen molar-refractivity contribution < 1.29 is 4.79 Å². The summed E-state index contributed by atoms with van der Waals surface area (Å²) >= 11 is 0. The van der Waals surface area contributed by atoms with Crippen molar-refractivity contribution in [3.8, 4) is 5.69 Å². The fourth-order valence-electron chi connectivity index (χ4n) is 3.88. The zero-order valence-corrected chi connectivity index (χ0v) is 16.0. The van der Waals surface area contributed by atoms with Gasteiger partial charge in [-0.1, -0.05) is 5.82 Å². The Bertz CT molecular complexity index is 1030. The van der Waals surface area contributed by atoms with Crippen LogP contribution in [0.5, 0.6) is 0 Å². The quantitative estimate of drug-likeness (QED) is 0.656. The largest absolute Gasteiger partial charge is 0.357 e. The molecule has 1 atom stereocenters. The van der Waals surface area contributed by atoms with E-state index < -0.39 is 0 Å². The Morgan fingerprint density at radius 2 is 1.93 bits per heavy atom. The van der Waals surface area contributed by atoms with E-state index in [-0.39, 0.29) is 5.91 Å². The molecule has 7 nitrogen and oxygen atoms in total. The number of anilines is 2. The molecule has 3 aromatic heterocycles. The second-order valence-electron chi connectivity index (χ2n) is 7.70. The number of nitrogens with zero attached hydrogens (tertiary/aromatic N) is 6. The number of carbonyl (C=O) groups is 1. The number of pyridine rings is 2. The molecule has 3 aromatic rings. The Balaban J connectivity index is 1.36. The minimum absolute atomic E-state index is 0.0393. The van der Waals surface area contributed by atoms with Crippen LogP contribution in [0.15, 0.2) is 42.9 Å². The average Bonchev–Trinajstić information content (AvgIpc) is 3.39. The fourth-order valence-corrected chi connectivity index (χ4v) is 3.88. The maximum Gasteiger partial charge on any atom is 0.262 e. The molecule has 140 valence electrons. The molecule has 0 saturated carbocycles. The van der Waals surface area contributed by atoms with E-state index in [2.05, 4.69) is 27.8 Å². The van der Waals surface area contributed by atoms with Crippen molar-refractivity contribution in [3.63, 3.8) is 0 Å². The highest BCUT2D eigenvalue weighted by molar-refractivity contribution is 6.12. The van der Waals surface area contributed by atoms with Crippen molar-refractivity contribution in [1.82, 2.24) is 19.7 Å². The van der Waals surface area contributed by atoms with Gasteiger partial charge in [0.05, 0.1) is 41.6 Å². The normalized spacial score (nSPS) is 18.8. The summed E-state index contributed by atoms with van der Waals surface area (Å²) in [5.41, 5.74) is 4.01. The highest BCUT2D eigenvalue weighted by atomic mass is 16.2. The third-order valence-corrected chi connectivity index (χ3v) is 5.53. The number of fused-ring (bicyclic) bond motifs is 1. The topological polar surface area (TPSA) is 67.2 Å². The van der Waals surface area contributed by atoms with Crippen LogP contribution in [-0.2, 0) is 6.54 Å². The lowest BCUT2D eigenvalue weighted by molar-refractivity contribution is 0.0996. The number of hydrogen-bond donors (Lipinski definition) is 0. The molecule has 2 aliphatic heterocycles. The van der Waals surface area contributed by atoms with Crippen molar-refractivity contribution in [2.24, 2.45) is 0 Å². The van der Waals surface area contributed by atoms with Crippen LogP contribution in [-0.4, -0.2) is 46.6 Å². The lowest BCUT2D eigenvalue weighted by atomic mass is 9.87. The van der Waals surface area contributed by atoms with Gasteiger partial charge < -0.3 is 9.80 Å². The third kappa shape index (κ3) is 2.85. The maximum atomic E-state index is 12.8. The van der Waals surface area contributed by atoms with E-state index in [9.17, 15) is 4.79 Å². The molecule has 0 unspecified atom stereocenters. The minimum Gasteiger partial charge on any atom is -0.357 e. The molecule has 0 radical (unpaired) electrons. The van der Waals surface area contributed by atoms with E-state index in [1.807, 2.05) is 37.4 Å². The molecule has 0 aromatic carbocycles. The SMILES string of the molecule is B[C@H]1CCN(c2ccc(-n3cc4c(n3)CN(c3ccc(C)nc3)C4=O)cn2)C1. The predicted molar refractivity (Wildman–Crippen MR) is 110 cm³/mol. The number of aromatic nitrogens is 4. The second kappa shape index (κ2) is 6.47. The summed E-state index contributed by atoms with van der Waals surface area (Å²) in [6.07, 6.45) is 6.57. The van der Waals surface area contributed by atoms with E-state index in [0.29, 0.717) is 17.9 Å². The number of hydrogen-bond acceptors (Lipinski definition) is 5. The Morgan fingerprint density at radius 3 is 2.57 bits per heavy atom. The van der Waals surface area contributed by atoms with Gasteiger partial charge in [-0.3, -0.25) is 9.78 Å². The van der Waals surface area contributed by atoms with Gasteiger partial charge in [0.1, 0.15) is 13.7 Å². The van der Waals surface area contributed by atoms with Gasteiger partial charge in [0.2, 0.25) is 0 Å². The molecule has 5 heterocycles. The summed E-state index contributed by atoms with van der Waals surface area (Å²) in [6, 6.07) is 7.88. The third-order valence-electron chi connectivity index (χ3n) is 5.53. The van der Waals surface area contributed by atoms with E-state index in [1.54, 1.807) is 22.0 Å². The predicted octanol–water partition coefficient (Wildman–Crippen LogP) is 1.76. The highest BCUT2D eigenvalue weighted by Gasteiger charge is 2.32. The van der Waals surface area contributed by atoms with Gasteiger partial charge in [-0.05, 0) is 37.6 Å². The van der Waals surface area contributed by atoms with Crippen LogP contribution >= 0.6 is 0 Å². The number of carbonyl (C=O) groups excluding carboxylic acids is 1.